The van der Waals surface area contributed by atoms with Gasteiger partial charge in [-0.05, 0) is 42.9 Å². The molecule has 0 aromatic rings. The van der Waals surface area contributed by atoms with E-state index in [1.54, 1.807) is 57.8 Å². The average molecular weight is 178 g/mol. The third kappa shape index (κ3) is 1.33. The maximum Gasteiger partial charge on any atom is -0.0355 e. The molecule has 0 saturated heterocycles. The van der Waals surface area contributed by atoms with Crippen LogP contribution in [0.5, 0.6) is 0 Å². The van der Waals surface area contributed by atoms with E-state index >= 15 is 0 Å². The Morgan fingerprint density at radius 1 is 0.538 bits per heavy atom. The third-order valence-corrected chi connectivity index (χ3v) is 5.09. The Hall–Kier alpha value is 0. The lowest BCUT2D eigenvalue weighted by molar-refractivity contribution is 0.184. The smallest absolute Gasteiger partial charge is 0.0355 e. The van der Waals surface area contributed by atoms with E-state index in [4.69, 9.17) is 0 Å². The first-order chi connectivity index (χ1) is 6.45. The van der Waals surface area contributed by atoms with Crippen LogP contribution < -0.4 is 0 Å². The van der Waals surface area contributed by atoms with Gasteiger partial charge in [-0.25, -0.2) is 0 Å². The van der Waals surface area contributed by atoms with E-state index in [2.05, 4.69) is 0 Å². The minimum atomic E-state index is 1.17. The van der Waals surface area contributed by atoms with Crippen LogP contribution in [0.3, 0.4) is 0 Å². The zero-order chi connectivity index (χ0) is 8.67. The number of fused-ring (bicyclic) bond motifs is 3. The zero-order valence-corrected chi connectivity index (χ0v) is 8.67. The van der Waals surface area contributed by atoms with Crippen molar-refractivity contribution in [2.45, 2.75) is 57.8 Å². The molecular formula is C13H22. The average Bonchev–Trinajstić information content (AvgIpc) is 2.56. The molecule has 3 aliphatic carbocycles. The Morgan fingerprint density at radius 3 is 1.54 bits per heavy atom. The van der Waals surface area contributed by atoms with Gasteiger partial charge < -0.3 is 0 Å². The topological polar surface area (TPSA) is 0 Å². The van der Waals surface area contributed by atoms with Crippen molar-refractivity contribution in [2.24, 2.45) is 23.7 Å². The van der Waals surface area contributed by atoms with Crippen LogP contribution in [0.25, 0.3) is 0 Å². The summed E-state index contributed by atoms with van der Waals surface area (Å²) in [6.45, 7) is 0. The summed E-state index contributed by atoms with van der Waals surface area (Å²) in [7, 11) is 0. The monoisotopic (exact) mass is 178 g/mol. The Kier molecular flexibility index (Phi) is 2.11. The fourth-order valence-electron chi connectivity index (χ4n) is 4.57. The zero-order valence-electron chi connectivity index (χ0n) is 8.67. The molecule has 0 spiro atoms. The maximum absolute atomic E-state index is 1.62. The van der Waals surface area contributed by atoms with Crippen LogP contribution in [-0.4, -0.2) is 0 Å². The minimum Gasteiger partial charge on any atom is -0.0530 e. The fraction of sp³-hybridized carbons (Fsp3) is 1.00. The molecule has 0 amide bonds. The van der Waals surface area contributed by atoms with E-state index in [9.17, 15) is 0 Å². The lowest BCUT2D eigenvalue weighted by Gasteiger charge is -2.32. The summed E-state index contributed by atoms with van der Waals surface area (Å²) >= 11 is 0. The highest BCUT2D eigenvalue weighted by Crippen LogP contribution is 2.53. The summed E-state index contributed by atoms with van der Waals surface area (Å²) in [5.74, 6) is 4.70. The van der Waals surface area contributed by atoms with E-state index in [-0.39, 0.29) is 0 Å². The van der Waals surface area contributed by atoms with Gasteiger partial charge in [0.2, 0.25) is 0 Å². The molecule has 0 radical (unpaired) electrons. The molecule has 0 unspecified atom stereocenters. The van der Waals surface area contributed by atoms with Crippen LogP contribution in [-0.2, 0) is 0 Å². The molecule has 0 heteroatoms. The number of hydrogen-bond acceptors (Lipinski definition) is 0. The molecule has 3 aliphatic rings. The van der Waals surface area contributed by atoms with Crippen molar-refractivity contribution >= 4 is 0 Å². The van der Waals surface area contributed by atoms with Crippen molar-refractivity contribution in [1.82, 2.24) is 0 Å². The van der Waals surface area contributed by atoms with Crippen LogP contribution in [0.1, 0.15) is 57.8 Å². The van der Waals surface area contributed by atoms with E-state index in [1.165, 1.54) is 23.7 Å². The van der Waals surface area contributed by atoms with Crippen LogP contribution >= 0.6 is 0 Å². The van der Waals surface area contributed by atoms with Gasteiger partial charge in [-0.15, -0.1) is 0 Å². The van der Waals surface area contributed by atoms with Crippen molar-refractivity contribution < 1.29 is 0 Å². The van der Waals surface area contributed by atoms with Crippen molar-refractivity contribution in [3.63, 3.8) is 0 Å². The summed E-state index contributed by atoms with van der Waals surface area (Å²) in [5, 5.41) is 0. The first-order valence-corrected chi connectivity index (χ1v) is 6.45. The molecule has 0 aromatic carbocycles. The number of rotatable bonds is 0. The van der Waals surface area contributed by atoms with Crippen molar-refractivity contribution in [2.75, 3.05) is 0 Å². The molecule has 0 nitrogen and oxygen atoms in total. The Labute approximate surface area is 82.1 Å². The second-order valence-corrected chi connectivity index (χ2v) is 5.65. The molecule has 74 valence electrons. The first kappa shape index (κ1) is 8.32. The molecule has 0 N–H and O–H groups in total. The van der Waals surface area contributed by atoms with Gasteiger partial charge in [0.15, 0.2) is 0 Å². The molecule has 0 bridgehead atoms. The summed E-state index contributed by atoms with van der Waals surface area (Å²) in [6.07, 6.45) is 14.1. The molecule has 0 aliphatic heterocycles. The quantitative estimate of drug-likeness (QED) is 0.526. The predicted molar refractivity (Wildman–Crippen MR) is 55.5 cm³/mol. The molecule has 4 atom stereocenters. The van der Waals surface area contributed by atoms with E-state index < -0.39 is 0 Å². The standard InChI is InChI=1S/C13H22/c1-3-7-12-10(5-1)9-11-6-2-4-8-13(11)12/h10-13H,1-9H2/t10-,11-,12-,13-/m1/s1. The largest absolute Gasteiger partial charge is 0.0530 e. The van der Waals surface area contributed by atoms with Gasteiger partial charge in [-0.2, -0.15) is 0 Å². The Bertz CT molecular complexity index is 164. The summed E-state index contributed by atoms with van der Waals surface area (Å²) in [6, 6.07) is 0. The molecule has 3 fully saturated rings. The summed E-state index contributed by atoms with van der Waals surface area (Å²) in [4.78, 5) is 0. The van der Waals surface area contributed by atoms with Gasteiger partial charge in [0.25, 0.3) is 0 Å². The van der Waals surface area contributed by atoms with E-state index in [0.717, 1.165) is 0 Å². The van der Waals surface area contributed by atoms with Crippen molar-refractivity contribution in [3.8, 4) is 0 Å². The second kappa shape index (κ2) is 3.29. The van der Waals surface area contributed by atoms with Gasteiger partial charge in [-0.1, -0.05) is 38.5 Å². The fourth-order valence-corrected chi connectivity index (χ4v) is 4.57. The molecular weight excluding hydrogens is 156 g/mol. The first-order valence-electron chi connectivity index (χ1n) is 6.45. The van der Waals surface area contributed by atoms with Crippen LogP contribution in [0.4, 0.5) is 0 Å². The number of hydrogen-bond donors (Lipinski definition) is 0. The van der Waals surface area contributed by atoms with Gasteiger partial charge >= 0.3 is 0 Å². The molecule has 3 rings (SSSR count). The minimum absolute atomic E-state index is 1.17. The van der Waals surface area contributed by atoms with Crippen molar-refractivity contribution in [3.05, 3.63) is 0 Å². The highest BCUT2D eigenvalue weighted by atomic mass is 14.5. The van der Waals surface area contributed by atoms with E-state index in [1.807, 2.05) is 0 Å². The highest BCUT2D eigenvalue weighted by molar-refractivity contribution is 4.94. The Balaban J connectivity index is 1.76. The lowest BCUT2D eigenvalue weighted by Crippen LogP contribution is -2.22. The van der Waals surface area contributed by atoms with Gasteiger partial charge in [0.05, 0.1) is 0 Å². The summed E-state index contributed by atoms with van der Waals surface area (Å²) < 4.78 is 0. The lowest BCUT2D eigenvalue weighted by atomic mass is 9.73. The molecule has 0 heterocycles. The van der Waals surface area contributed by atoms with Crippen LogP contribution in [0, 0.1) is 23.7 Å². The molecule has 3 saturated carbocycles. The van der Waals surface area contributed by atoms with Crippen LogP contribution in [0.2, 0.25) is 0 Å². The third-order valence-electron chi connectivity index (χ3n) is 5.09. The van der Waals surface area contributed by atoms with Gasteiger partial charge in [0, 0.05) is 0 Å². The van der Waals surface area contributed by atoms with Gasteiger partial charge in [0.1, 0.15) is 0 Å². The highest BCUT2D eigenvalue weighted by Gasteiger charge is 2.43. The second-order valence-electron chi connectivity index (χ2n) is 5.65. The Morgan fingerprint density at radius 2 is 1.00 bits per heavy atom. The molecule has 13 heavy (non-hydrogen) atoms. The summed E-state index contributed by atoms with van der Waals surface area (Å²) in [5.41, 5.74) is 0. The SMILES string of the molecule is C1CC[C@@H]2[C@H](C1)C[C@H]1CCCC[C@H]12. The predicted octanol–water partition coefficient (Wildman–Crippen LogP) is 4.00. The maximum atomic E-state index is 1.62. The normalized spacial score (nSPS) is 49.8. The van der Waals surface area contributed by atoms with Crippen LogP contribution in [0.15, 0.2) is 0 Å². The van der Waals surface area contributed by atoms with Crippen molar-refractivity contribution in [1.29, 1.82) is 0 Å². The van der Waals surface area contributed by atoms with Gasteiger partial charge in [-0.3, -0.25) is 0 Å². The van der Waals surface area contributed by atoms with E-state index in [0.29, 0.717) is 0 Å². The molecule has 0 aromatic heterocycles.